The first-order chi connectivity index (χ1) is 13.8. The number of aryl methyl sites for hydroxylation is 2. The highest BCUT2D eigenvalue weighted by molar-refractivity contribution is 7.89. The lowest BCUT2D eigenvalue weighted by atomic mass is 10.1. The lowest BCUT2D eigenvalue weighted by molar-refractivity contribution is -0.132. The molecule has 0 unspecified atom stereocenters. The standard InChI is InChI=1S/C21H26N2O5S/c1-16-7-9-18(24)20(15-16)29(26,27)23-13-11-22(12-14-23)21(25)10-8-17-5-3-4-6-19(17)28-2/h3-7,9,15,24H,8,10-14H2,1-2H3. The summed E-state index contributed by atoms with van der Waals surface area (Å²) < 4.78 is 32.4. The Morgan fingerprint density at radius 2 is 1.79 bits per heavy atom. The topological polar surface area (TPSA) is 87.2 Å². The van der Waals surface area contributed by atoms with E-state index in [-0.39, 0.29) is 29.6 Å². The minimum Gasteiger partial charge on any atom is -0.507 e. The van der Waals surface area contributed by atoms with Gasteiger partial charge in [-0.25, -0.2) is 8.42 Å². The molecule has 7 nitrogen and oxygen atoms in total. The summed E-state index contributed by atoms with van der Waals surface area (Å²) in [5, 5.41) is 9.98. The minimum atomic E-state index is -3.80. The molecule has 156 valence electrons. The zero-order chi connectivity index (χ0) is 21.0. The molecule has 0 atom stereocenters. The van der Waals surface area contributed by atoms with Crippen molar-refractivity contribution in [1.29, 1.82) is 0 Å². The number of para-hydroxylation sites is 1. The van der Waals surface area contributed by atoms with Gasteiger partial charge in [0.1, 0.15) is 16.4 Å². The van der Waals surface area contributed by atoms with Crippen molar-refractivity contribution in [3.8, 4) is 11.5 Å². The number of carbonyl (C=O) groups is 1. The molecule has 1 saturated heterocycles. The summed E-state index contributed by atoms with van der Waals surface area (Å²) in [6.07, 6.45) is 0.907. The number of hydrogen-bond acceptors (Lipinski definition) is 5. The van der Waals surface area contributed by atoms with Gasteiger partial charge in [-0.1, -0.05) is 24.3 Å². The number of amides is 1. The highest BCUT2D eigenvalue weighted by Crippen LogP contribution is 2.27. The molecule has 2 aromatic rings. The van der Waals surface area contributed by atoms with Gasteiger partial charge in [-0.05, 0) is 42.7 Å². The van der Waals surface area contributed by atoms with E-state index in [1.807, 2.05) is 24.3 Å². The number of aromatic hydroxyl groups is 1. The van der Waals surface area contributed by atoms with Crippen molar-refractivity contribution in [2.75, 3.05) is 33.3 Å². The minimum absolute atomic E-state index is 0.00800. The summed E-state index contributed by atoms with van der Waals surface area (Å²) in [7, 11) is -2.20. The second kappa shape index (κ2) is 8.84. The second-order valence-electron chi connectivity index (χ2n) is 7.07. The van der Waals surface area contributed by atoms with Crippen LogP contribution in [0, 0.1) is 6.92 Å². The van der Waals surface area contributed by atoms with Crippen LogP contribution in [0.3, 0.4) is 0 Å². The molecule has 1 N–H and O–H groups in total. The highest BCUT2D eigenvalue weighted by Gasteiger charge is 2.31. The summed E-state index contributed by atoms with van der Waals surface area (Å²) in [4.78, 5) is 14.2. The number of hydrogen-bond donors (Lipinski definition) is 1. The van der Waals surface area contributed by atoms with Crippen LogP contribution in [0.25, 0.3) is 0 Å². The van der Waals surface area contributed by atoms with Crippen molar-refractivity contribution in [3.05, 3.63) is 53.6 Å². The molecule has 1 aliphatic heterocycles. The zero-order valence-electron chi connectivity index (χ0n) is 16.7. The molecule has 29 heavy (non-hydrogen) atoms. The Morgan fingerprint density at radius 3 is 2.48 bits per heavy atom. The number of carbonyl (C=O) groups excluding carboxylic acids is 1. The molecule has 3 rings (SSSR count). The third-order valence-corrected chi connectivity index (χ3v) is 7.05. The quantitative estimate of drug-likeness (QED) is 0.777. The van der Waals surface area contributed by atoms with Crippen LogP contribution in [0.2, 0.25) is 0 Å². The van der Waals surface area contributed by atoms with E-state index in [9.17, 15) is 18.3 Å². The Bertz CT molecular complexity index is 982. The number of nitrogens with zero attached hydrogens (tertiary/aromatic N) is 2. The number of benzene rings is 2. The number of methoxy groups -OCH3 is 1. The van der Waals surface area contributed by atoms with Crippen LogP contribution in [-0.2, 0) is 21.2 Å². The molecule has 0 spiro atoms. The molecule has 0 bridgehead atoms. The second-order valence-corrected chi connectivity index (χ2v) is 8.97. The van der Waals surface area contributed by atoms with Gasteiger partial charge in [-0.2, -0.15) is 4.31 Å². The number of ether oxygens (including phenoxy) is 1. The molecule has 1 heterocycles. The fourth-order valence-electron chi connectivity index (χ4n) is 3.45. The monoisotopic (exact) mass is 418 g/mol. The Hall–Kier alpha value is -2.58. The van der Waals surface area contributed by atoms with E-state index < -0.39 is 10.0 Å². The number of phenolic OH excluding ortho intramolecular Hbond substituents is 1. The molecule has 8 heteroatoms. The molecule has 0 aliphatic carbocycles. The lowest BCUT2D eigenvalue weighted by Gasteiger charge is -2.34. The molecule has 0 saturated carbocycles. The van der Waals surface area contributed by atoms with Gasteiger partial charge < -0.3 is 14.7 Å². The first kappa shape index (κ1) is 21.1. The van der Waals surface area contributed by atoms with E-state index in [2.05, 4.69) is 0 Å². The van der Waals surface area contributed by atoms with E-state index in [1.54, 1.807) is 25.0 Å². The van der Waals surface area contributed by atoms with Crippen molar-refractivity contribution >= 4 is 15.9 Å². The summed E-state index contributed by atoms with van der Waals surface area (Å²) in [5.41, 5.74) is 1.73. The van der Waals surface area contributed by atoms with Crippen LogP contribution >= 0.6 is 0 Å². The van der Waals surface area contributed by atoms with Gasteiger partial charge in [0.2, 0.25) is 15.9 Å². The maximum absolute atomic E-state index is 12.9. The Morgan fingerprint density at radius 1 is 1.10 bits per heavy atom. The number of sulfonamides is 1. The molecular weight excluding hydrogens is 392 g/mol. The molecule has 1 fully saturated rings. The Balaban J connectivity index is 1.60. The van der Waals surface area contributed by atoms with E-state index in [0.717, 1.165) is 16.9 Å². The maximum atomic E-state index is 12.9. The van der Waals surface area contributed by atoms with Gasteiger partial charge in [0, 0.05) is 32.6 Å². The van der Waals surface area contributed by atoms with E-state index in [4.69, 9.17) is 4.74 Å². The normalized spacial score (nSPS) is 15.3. The van der Waals surface area contributed by atoms with E-state index in [1.165, 1.54) is 16.4 Å². The molecule has 2 aromatic carbocycles. The van der Waals surface area contributed by atoms with Crippen molar-refractivity contribution in [2.24, 2.45) is 0 Å². The fraction of sp³-hybridized carbons (Fsp3) is 0.381. The predicted octanol–water partition coefficient (Wildman–Crippen LogP) is 2.17. The number of rotatable bonds is 6. The van der Waals surface area contributed by atoms with Crippen LogP contribution in [0.1, 0.15) is 17.5 Å². The number of piperazine rings is 1. The Kier molecular flexibility index (Phi) is 6.44. The SMILES string of the molecule is COc1ccccc1CCC(=O)N1CCN(S(=O)(=O)c2cc(C)ccc2O)CC1. The van der Waals surface area contributed by atoms with Gasteiger partial charge in [-0.3, -0.25) is 4.79 Å². The average Bonchev–Trinajstić information content (AvgIpc) is 2.73. The van der Waals surface area contributed by atoms with Crippen LogP contribution < -0.4 is 4.74 Å². The van der Waals surface area contributed by atoms with Crippen LogP contribution in [0.4, 0.5) is 0 Å². The van der Waals surface area contributed by atoms with E-state index in [0.29, 0.717) is 25.9 Å². The summed E-state index contributed by atoms with van der Waals surface area (Å²) in [6, 6.07) is 12.1. The zero-order valence-corrected chi connectivity index (χ0v) is 17.5. The van der Waals surface area contributed by atoms with E-state index >= 15 is 0 Å². The molecule has 1 aliphatic rings. The summed E-state index contributed by atoms with van der Waals surface area (Å²) in [5.74, 6) is 0.492. The Labute approximate surface area is 171 Å². The third kappa shape index (κ3) is 4.71. The third-order valence-electron chi connectivity index (χ3n) is 5.13. The lowest BCUT2D eigenvalue weighted by Crippen LogP contribution is -2.50. The number of phenols is 1. The first-order valence-corrected chi connectivity index (χ1v) is 11.0. The van der Waals surface area contributed by atoms with Gasteiger partial charge in [-0.15, -0.1) is 0 Å². The largest absolute Gasteiger partial charge is 0.507 e. The van der Waals surface area contributed by atoms with Gasteiger partial charge in [0.25, 0.3) is 0 Å². The van der Waals surface area contributed by atoms with Crippen LogP contribution in [-0.4, -0.2) is 61.9 Å². The van der Waals surface area contributed by atoms with Crippen molar-refractivity contribution < 1.29 is 23.1 Å². The molecular formula is C21H26N2O5S. The fourth-order valence-corrected chi connectivity index (χ4v) is 5.04. The smallest absolute Gasteiger partial charge is 0.246 e. The average molecular weight is 419 g/mol. The molecule has 1 amide bonds. The maximum Gasteiger partial charge on any atom is 0.246 e. The highest BCUT2D eigenvalue weighted by atomic mass is 32.2. The van der Waals surface area contributed by atoms with Crippen molar-refractivity contribution in [2.45, 2.75) is 24.7 Å². The first-order valence-electron chi connectivity index (χ1n) is 9.52. The van der Waals surface area contributed by atoms with Gasteiger partial charge >= 0.3 is 0 Å². The van der Waals surface area contributed by atoms with Gasteiger partial charge in [0.15, 0.2) is 0 Å². The molecule has 0 aromatic heterocycles. The van der Waals surface area contributed by atoms with Crippen molar-refractivity contribution in [3.63, 3.8) is 0 Å². The molecule has 0 radical (unpaired) electrons. The summed E-state index contributed by atoms with van der Waals surface area (Å²) >= 11 is 0. The van der Waals surface area contributed by atoms with Gasteiger partial charge in [0.05, 0.1) is 7.11 Å². The van der Waals surface area contributed by atoms with Crippen molar-refractivity contribution in [1.82, 2.24) is 9.21 Å². The summed E-state index contributed by atoms with van der Waals surface area (Å²) in [6.45, 7) is 2.84. The predicted molar refractivity (Wildman–Crippen MR) is 109 cm³/mol. The van der Waals surface area contributed by atoms with Crippen LogP contribution in [0.15, 0.2) is 47.4 Å². The van der Waals surface area contributed by atoms with Crippen LogP contribution in [0.5, 0.6) is 11.5 Å².